The summed E-state index contributed by atoms with van der Waals surface area (Å²) in [4.78, 5) is 36.1. The molecule has 0 saturated heterocycles. The molecule has 9 heteroatoms. The Hall–Kier alpha value is -2.81. The molecule has 0 aliphatic carbocycles. The van der Waals surface area contributed by atoms with Crippen molar-refractivity contribution in [3.8, 4) is 5.75 Å². The van der Waals surface area contributed by atoms with Gasteiger partial charge in [0, 0.05) is 5.56 Å². The minimum atomic E-state index is -2.96. The molecule has 0 aliphatic rings. The first-order valence-electron chi connectivity index (χ1n) is 7.47. The molecule has 26 heavy (non-hydrogen) atoms. The molecule has 1 aromatic heterocycles. The normalized spacial score (nSPS) is 11.7. The van der Waals surface area contributed by atoms with Gasteiger partial charge in [0.15, 0.2) is 6.10 Å². The van der Waals surface area contributed by atoms with E-state index in [4.69, 9.17) is 4.74 Å². The lowest BCUT2D eigenvalue weighted by molar-refractivity contribution is -0.145. The number of thiophene rings is 1. The summed E-state index contributed by atoms with van der Waals surface area (Å²) < 4.78 is 33.4. The van der Waals surface area contributed by atoms with Gasteiger partial charge >= 0.3 is 12.6 Å². The first kappa shape index (κ1) is 19.5. The Morgan fingerprint density at radius 3 is 2.42 bits per heavy atom. The lowest BCUT2D eigenvalue weighted by atomic mass is 10.1. The van der Waals surface area contributed by atoms with E-state index in [1.807, 2.05) is 0 Å². The molecule has 138 valence electrons. The molecule has 0 bridgehead atoms. The molecule has 1 aromatic carbocycles. The number of benzene rings is 1. The Labute approximate surface area is 151 Å². The number of hydrogen-bond donors (Lipinski definition) is 1. The zero-order valence-electron chi connectivity index (χ0n) is 13.6. The van der Waals surface area contributed by atoms with E-state index >= 15 is 0 Å². The molecule has 0 radical (unpaired) electrons. The highest BCUT2D eigenvalue weighted by molar-refractivity contribution is 7.12. The van der Waals surface area contributed by atoms with Crippen LogP contribution in [0, 0.1) is 0 Å². The number of ketones is 1. The third-order valence-corrected chi connectivity index (χ3v) is 4.05. The van der Waals surface area contributed by atoms with E-state index in [0.29, 0.717) is 4.88 Å². The van der Waals surface area contributed by atoms with E-state index < -0.39 is 30.4 Å². The molecule has 2 rings (SSSR count). The lowest BCUT2D eigenvalue weighted by Crippen LogP contribution is -2.33. The molecule has 0 spiro atoms. The SMILES string of the molecule is C[C@H](OC(=O)CNC(=O)c1cccs1)C(=O)c1ccc(OC(F)F)cc1. The van der Waals surface area contributed by atoms with E-state index in [1.54, 1.807) is 17.5 Å². The highest BCUT2D eigenvalue weighted by atomic mass is 32.1. The zero-order valence-corrected chi connectivity index (χ0v) is 14.4. The molecule has 1 heterocycles. The number of esters is 1. The Balaban J connectivity index is 1.84. The van der Waals surface area contributed by atoms with Crippen LogP contribution in [-0.4, -0.2) is 36.9 Å². The maximum Gasteiger partial charge on any atom is 0.387 e. The molecule has 2 aromatic rings. The quantitative estimate of drug-likeness (QED) is 0.560. The number of Topliss-reactive ketones (excluding diaryl/α,β-unsaturated/α-hetero) is 1. The molecule has 1 amide bonds. The first-order valence-corrected chi connectivity index (χ1v) is 8.35. The van der Waals surface area contributed by atoms with E-state index in [9.17, 15) is 23.2 Å². The Morgan fingerprint density at radius 1 is 1.15 bits per heavy atom. The van der Waals surface area contributed by atoms with Crippen molar-refractivity contribution in [2.45, 2.75) is 19.6 Å². The molecule has 1 atom stereocenters. The summed E-state index contributed by atoms with van der Waals surface area (Å²) in [7, 11) is 0. The predicted molar refractivity (Wildman–Crippen MR) is 89.6 cm³/mol. The van der Waals surface area contributed by atoms with Crippen molar-refractivity contribution in [1.82, 2.24) is 5.32 Å². The number of nitrogens with one attached hydrogen (secondary N) is 1. The van der Waals surface area contributed by atoms with Crippen LogP contribution in [0.25, 0.3) is 0 Å². The largest absolute Gasteiger partial charge is 0.453 e. The second-order valence-electron chi connectivity index (χ2n) is 5.06. The molecule has 0 fully saturated rings. The number of carbonyl (C=O) groups excluding carboxylic acids is 3. The van der Waals surface area contributed by atoms with Gasteiger partial charge in [-0.3, -0.25) is 14.4 Å². The van der Waals surface area contributed by atoms with Crippen LogP contribution in [0.3, 0.4) is 0 Å². The highest BCUT2D eigenvalue weighted by Crippen LogP contribution is 2.16. The van der Waals surface area contributed by atoms with Gasteiger partial charge in [-0.1, -0.05) is 6.07 Å². The van der Waals surface area contributed by atoms with Crippen molar-refractivity contribution < 1.29 is 32.6 Å². The van der Waals surface area contributed by atoms with E-state index in [2.05, 4.69) is 10.1 Å². The maximum atomic E-state index is 12.2. The summed E-state index contributed by atoms with van der Waals surface area (Å²) in [6.45, 7) is -1.96. The average molecular weight is 383 g/mol. The molecule has 6 nitrogen and oxygen atoms in total. The predicted octanol–water partition coefficient (Wildman–Crippen LogP) is 2.89. The highest BCUT2D eigenvalue weighted by Gasteiger charge is 2.20. The van der Waals surface area contributed by atoms with Crippen molar-refractivity contribution in [1.29, 1.82) is 0 Å². The van der Waals surface area contributed by atoms with Crippen molar-refractivity contribution in [3.05, 3.63) is 52.2 Å². The second kappa shape index (κ2) is 9.04. The van der Waals surface area contributed by atoms with Gasteiger partial charge in [-0.15, -0.1) is 11.3 Å². The Kier molecular flexibility index (Phi) is 6.79. The van der Waals surface area contributed by atoms with E-state index in [-0.39, 0.29) is 17.9 Å². The minimum Gasteiger partial charge on any atom is -0.453 e. The fraction of sp³-hybridized carbons (Fsp3) is 0.235. The average Bonchev–Trinajstić information content (AvgIpc) is 3.14. The molecular weight excluding hydrogens is 368 g/mol. The fourth-order valence-electron chi connectivity index (χ4n) is 1.98. The van der Waals surface area contributed by atoms with Crippen LogP contribution in [0.2, 0.25) is 0 Å². The van der Waals surface area contributed by atoms with Crippen LogP contribution >= 0.6 is 11.3 Å². The van der Waals surface area contributed by atoms with Crippen LogP contribution in [0.15, 0.2) is 41.8 Å². The number of rotatable bonds is 8. The molecule has 0 aliphatic heterocycles. The van der Waals surface area contributed by atoms with Crippen molar-refractivity contribution in [2.75, 3.05) is 6.54 Å². The summed E-state index contributed by atoms with van der Waals surface area (Å²) in [5.74, 6) is -1.78. The van der Waals surface area contributed by atoms with E-state index in [0.717, 1.165) is 0 Å². The van der Waals surface area contributed by atoms with Crippen LogP contribution in [0.4, 0.5) is 8.78 Å². The van der Waals surface area contributed by atoms with Gasteiger partial charge in [0.05, 0.1) is 4.88 Å². The number of hydrogen-bond acceptors (Lipinski definition) is 6. The van der Waals surface area contributed by atoms with Crippen LogP contribution in [0.5, 0.6) is 5.75 Å². The van der Waals surface area contributed by atoms with Crippen molar-refractivity contribution in [2.24, 2.45) is 0 Å². The first-order chi connectivity index (χ1) is 12.4. The monoisotopic (exact) mass is 383 g/mol. The van der Waals surface area contributed by atoms with E-state index in [1.165, 1.54) is 42.5 Å². The zero-order chi connectivity index (χ0) is 19.1. The van der Waals surface area contributed by atoms with Crippen LogP contribution in [-0.2, 0) is 9.53 Å². The summed E-state index contributed by atoms with van der Waals surface area (Å²) in [6.07, 6.45) is -1.09. The number of alkyl halides is 2. The number of ether oxygens (including phenoxy) is 2. The van der Waals surface area contributed by atoms with Gasteiger partial charge in [-0.25, -0.2) is 0 Å². The van der Waals surface area contributed by atoms with Crippen molar-refractivity contribution >= 4 is 29.0 Å². The number of halogens is 2. The smallest absolute Gasteiger partial charge is 0.387 e. The molecule has 1 N–H and O–H groups in total. The summed E-state index contributed by atoms with van der Waals surface area (Å²) in [5, 5.41) is 4.12. The summed E-state index contributed by atoms with van der Waals surface area (Å²) >= 11 is 1.23. The topological polar surface area (TPSA) is 81.7 Å². The fourth-order valence-corrected chi connectivity index (χ4v) is 2.62. The maximum absolute atomic E-state index is 12.2. The van der Waals surface area contributed by atoms with Gasteiger partial charge < -0.3 is 14.8 Å². The van der Waals surface area contributed by atoms with Gasteiger partial charge in [0.2, 0.25) is 5.78 Å². The Morgan fingerprint density at radius 2 is 1.85 bits per heavy atom. The van der Waals surface area contributed by atoms with Gasteiger partial charge in [0.25, 0.3) is 5.91 Å². The molecule has 0 saturated carbocycles. The van der Waals surface area contributed by atoms with Gasteiger partial charge in [-0.2, -0.15) is 8.78 Å². The third kappa shape index (κ3) is 5.62. The minimum absolute atomic E-state index is 0.0857. The van der Waals surface area contributed by atoms with Crippen LogP contribution < -0.4 is 10.1 Å². The van der Waals surface area contributed by atoms with Gasteiger partial charge in [0.1, 0.15) is 12.3 Å². The summed E-state index contributed by atoms with van der Waals surface area (Å²) in [6, 6.07) is 8.34. The Bertz CT molecular complexity index is 762. The molecular formula is C17H15F2NO5S. The number of carbonyl (C=O) groups is 3. The van der Waals surface area contributed by atoms with Gasteiger partial charge in [-0.05, 0) is 42.6 Å². The standard InChI is InChI=1S/C17H15F2NO5S/c1-10(15(22)11-4-6-12(7-5-11)25-17(18)19)24-14(21)9-20-16(23)13-3-2-8-26-13/h2-8,10,17H,9H2,1H3,(H,20,23)/t10-/m0/s1. The lowest BCUT2D eigenvalue weighted by Gasteiger charge is -2.13. The molecule has 0 unspecified atom stereocenters. The number of amides is 1. The van der Waals surface area contributed by atoms with Crippen molar-refractivity contribution in [3.63, 3.8) is 0 Å². The third-order valence-electron chi connectivity index (χ3n) is 3.18. The second-order valence-corrected chi connectivity index (χ2v) is 6.01. The summed E-state index contributed by atoms with van der Waals surface area (Å²) in [5.41, 5.74) is 0.175. The van der Waals surface area contributed by atoms with Crippen LogP contribution in [0.1, 0.15) is 27.0 Å².